The van der Waals surface area contributed by atoms with E-state index in [-0.39, 0.29) is 0 Å². The summed E-state index contributed by atoms with van der Waals surface area (Å²) >= 11 is 0. The van der Waals surface area contributed by atoms with Gasteiger partial charge in [-0.3, -0.25) is 9.69 Å². The quantitative estimate of drug-likeness (QED) is 0.721. The maximum Gasteiger partial charge on any atom is 0.325 e. The van der Waals surface area contributed by atoms with Crippen molar-refractivity contribution >= 4 is 5.97 Å². The van der Waals surface area contributed by atoms with Crippen LogP contribution in [0, 0.1) is 5.41 Å². The lowest BCUT2D eigenvalue weighted by molar-refractivity contribution is -0.142. The second-order valence-electron chi connectivity index (χ2n) is 5.51. The molecule has 0 spiro atoms. The van der Waals surface area contributed by atoms with Gasteiger partial charge in [0.25, 0.3) is 0 Å². The first-order chi connectivity index (χ1) is 6.87. The minimum Gasteiger partial charge on any atom is -0.480 e. The van der Waals surface area contributed by atoms with E-state index in [2.05, 4.69) is 18.7 Å². The molecule has 1 heterocycles. The number of rotatable bonds is 3. The molecule has 86 valence electrons. The van der Waals surface area contributed by atoms with E-state index < -0.39 is 11.5 Å². The van der Waals surface area contributed by atoms with Crippen LogP contribution in [0.1, 0.15) is 33.1 Å². The van der Waals surface area contributed by atoms with Gasteiger partial charge in [0.1, 0.15) is 5.54 Å². The van der Waals surface area contributed by atoms with Crippen molar-refractivity contribution in [3.63, 3.8) is 0 Å². The van der Waals surface area contributed by atoms with Gasteiger partial charge in [-0.25, -0.2) is 0 Å². The smallest absolute Gasteiger partial charge is 0.325 e. The maximum atomic E-state index is 11.0. The van der Waals surface area contributed by atoms with Gasteiger partial charge in [0, 0.05) is 19.1 Å². The number of hydrogen-bond acceptors (Lipinski definition) is 3. The summed E-state index contributed by atoms with van der Waals surface area (Å²) in [7, 11) is 0. The minimum atomic E-state index is -1.01. The van der Waals surface area contributed by atoms with Crippen molar-refractivity contribution in [3.05, 3.63) is 0 Å². The summed E-state index contributed by atoms with van der Waals surface area (Å²) in [5.74, 6) is -0.863. The zero-order valence-electron chi connectivity index (χ0n) is 9.49. The van der Waals surface area contributed by atoms with E-state index in [0.29, 0.717) is 24.4 Å². The molecule has 1 aliphatic heterocycles. The molecular weight excluding hydrogens is 192 g/mol. The van der Waals surface area contributed by atoms with Crippen LogP contribution in [0.25, 0.3) is 0 Å². The van der Waals surface area contributed by atoms with Crippen molar-refractivity contribution in [1.82, 2.24) is 4.90 Å². The topological polar surface area (TPSA) is 66.6 Å². The van der Waals surface area contributed by atoms with Gasteiger partial charge in [0.15, 0.2) is 0 Å². The van der Waals surface area contributed by atoms with Crippen LogP contribution >= 0.6 is 0 Å². The van der Waals surface area contributed by atoms with Crippen LogP contribution in [0.4, 0.5) is 0 Å². The first kappa shape index (κ1) is 10.9. The van der Waals surface area contributed by atoms with E-state index in [1.54, 1.807) is 0 Å². The second kappa shape index (κ2) is 3.19. The van der Waals surface area contributed by atoms with Crippen LogP contribution in [0.2, 0.25) is 0 Å². The second-order valence-corrected chi connectivity index (χ2v) is 5.51. The fourth-order valence-electron chi connectivity index (χ4n) is 2.42. The molecule has 3 N–H and O–H groups in total. The van der Waals surface area contributed by atoms with Crippen LogP contribution in [-0.4, -0.2) is 40.6 Å². The highest BCUT2D eigenvalue weighted by molar-refractivity contribution is 5.79. The molecule has 0 amide bonds. The molecule has 2 unspecified atom stereocenters. The van der Waals surface area contributed by atoms with Gasteiger partial charge in [-0.05, 0) is 31.6 Å². The molecule has 0 radical (unpaired) electrons. The zero-order valence-corrected chi connectivity index (χ0v) is 9.49. The third kappa shape index (κ3) is 1.76. The van der Waals surface area contributed by atoms with E-state index in [4.69, 9.17) is 10.8 Å². The lowest BCUT2D eigenvalue weighted by Gasteiger charge is -2.30. The lowest BCUT2D eigenvalue weighted by atomic mass is 9.98. The molecule has 2 aliphatic rings. The molecule has 0 bridgehead atoms. The molecule has 0 aromatic carbocycles. The normalized spacial score (nSPS) is 36.5. The van der Waals surface area contributed by atoms with Crippen molar-refractivity contribution in [2.75, 3.05) is 13.1 Å². The van der Waals surface area contributed by atoms with Crippen molar-refractivity contribution in [2.45, 2.75) is 44.7 Å². The van der Waals surface area contributed by atoms with Crippen LogP contribution in [0.15, 0.2) is 0 Å². The average molecular weight is 212 g/mol. The Morgan fingerprint density at radius 1 is 1.47 bits per heavy atom. The summed E-state index contributed by atoms with van der Waals surface area (Å²) in [5.41, 5.74) is 5.24. The summed E-state index contributed by atoms with van der Waals surface area (Å²) in [6.45, 7) is 5.79. The first-order valence-corrected chi connectivity index (χ1v) is 5.64. The third-order valence-electron chi connectivity index (χ3n) is 4.35. The molecule has 0 aromatic heterocycles. The summed E-state index contributed by atoms with van der Waals surface area (Å²) < 4.78 is 0. The Kier molecular flexibility index (Phi) is 2.32. The van der Waals surface area contributed by atoms with Crippen LogP contribution in [-0.2, 0) is 4.79 Å². The van der Waals surface area contributed by atoms with Gasteiger partial charge in [-0.1, -0.05) is 6.92 Å². The summed E-state index contributed by atoms with van der Waals surface area (Å²) in [6, 6.07) is 0.460. The maximum absolute atomic E-state index is 11.0. The summed E-state index contributed by atoms with van der Waals surface area (Å²) in [5, 5.41) is 9.04. The number of carbonyl (C=O) groups is 1. The van der Waals surface area contributed by atoms with Gasteiger partial charge in [-0.15, -0.1) is 0 Å². The predicted octanol–water partition coefficient (Wildman–Crippen LogP) is 0.663. The average Bonchev–Trinajstić information content (AvgIpc) is 2.77. The van der Waals surface area contributed by atoms with Gasteiger partial charge >= 0.3 is 5.97 Å². The monoisotopic (exact) mass is 212 g/mol. The van der Waals surface area contributed by atoms with Gasteiger partial charge in [-0.2, -0.15) is 0 Å². The first-order valence-electron chi connectivity index (χ1n) is 5.64. The molecule has 2 rings (SSSR count). The fourth-order valence-corrected chi connectivity index (χ4v) is 2.42. The van der Waals surface area contributed by atoms with Crippen LogP contribution in [0.3, 0.4) is 0 Å². The van der Waals surface area contributed by atoms with Crippen molar-refractivity contribution in [3.8, 4) is 0 Å². The standard InChI is InChI=1S/C11H20N2O2/c1-8(10(2)3-4-10)13-6-5-11(12,7-13)9(14)15/h8H,3-7,12H2,1-2H3,(H,14,15). The zero-order chi connectivity index (χ0) is 11.3. The van der Waals surface area contributed by atoms with Gasteiger partial charge < -0.3 is 10.8 Å². The molecular formula is C11H20N2O2. The largest absolute Gasteiger partial charge is 0.480 e. The fraction of sp³-hybridized carbons (Fsp3) is 0.909. The van der Waals surface area contributed by atoms with E-state index in [1.807, 2.05) is 0 Å². The molecule has 4 heteroatoms. The van der Waals surface area contributed by atoms with Gasteiger partial charge in [0.2, 0.25) is 0 Å². The number of carboxylic acids is 1. The number of carboxylic acid groups (broad SMARTS) is 1. The Morgan fingerprint density at radius 2 is 2.07 bits per heavy atom. The highest BCUT2D eigenvalue weighted by Gasteiger charge is 2.50. The van der Waals surface area contributed by atoms with Crippen LogP contribution in [0.5, 0.6) is 0 Å². The summed E-state index contributed by atoms with van der Waals surface area (Å²) in [4.78, 5) is 13.2. The number of nitrogens with two attached hydrogens (primary N) is 1. The van der Waals surface area contributed by atoms with Crippen LogP contribution < -0.4 is 5.73 Å². The Bertz CT molecular complexity index is 288. The summed E-state index contributed by atoms with van der Waals surface area (Å²) in [6.07, 6.45) is 3.09. The molecule has 4 nitrogen and oxygen atoms in total. The molecule has 1 saturated carbocycles. The van der Waals surface area contributed by atoms with E-state index in [9.17, 15) is 4.79 Å². The lowest BCUT2D eigenvalue weighted by Crippen LogP contribution is -2.51. The molecule has 0 aromatic rings. The Morgan fingerprint density at radius 3 is 2.47 bits per heavy atom. The highest BCUT2D eigenvalue weighted by atomic mass is 16.4. The molecule has 2 atom stereocenters. The number of hydrogen-bond donors (Lipinski definition) is 2. The molecule has 15 heavy (non-hydrogen) atoms. The van der Waals surface area contributed by atoms with Crippen molar-refractivity contribution in [2.24, 2.45) is 11.1 Å². The minimum absolute atomic E-state index is 0.407. The SMILES string of the molecule is CC(N1CCC(N)(C(=O)O)C1)C1(C)CC1. The molecule has 1 saturated heterocycles. The Labute approximate surface area is 90.4 Å². The van der Waals surface area contributed by atoms with E-state index >= 15 is 0 Å². The molecule has 1 aliphatic carbocycles. The van der Waals surface area contributed by atoms with Crippen molar-refractivity contribution < 1.29 is 9.90 Å². The van der Waals surface area contributed by atoms with Crippen molar-refractivity contribution in [1.29, 1.82) is 0 Å². The Balaban J connectivity index is 2.01. The predicted molar refractivity (Wildman–Crippen MR) is 57.5 cm³/mol. The van der Waals surface area contributed by atoms with Gasteiger partial charge in [0.05, 0.1) is 0 Å². The number of aliphatic carboxylic acids is 1. The van der Waals surface area contributed by atoms with E-state index in [0.717, 1.165) is 6.54 Å². The highest BCUT2D eigenvalue weighted by Crippen LogP contribution is 2.50. The Hall–Kier alpha value is -0.610. The van der Waals surface area contributed by atoms with E-state index in [1.165, 1.54) is 12.8 Å². The number of nitrogens with zero attached hydrogens (tertiary/aromatic N) is 1. The third-order valence-corrected chi connectivity index (χ3v) is 4.35. The number of likely N-dealkylation sites (tertiary alicyclic amines) is 1. The molecule has 2 fully saturated rings.